The van der Waals surface area contributed by atoms with Gasteiger partial charge >= 0.3 is 0 Å². The lowest BCUT2D eigenvalue weighted by Gasteiger charge is -2.09. The van der Waals surface area contributed by atoms with Gasteiger partial charge in [0.1, 0.15) is 0 Å². The van der Waals surface area contributed by atoms with Crippen molar-refractivity contribution in [1.29, 1.82) is 0 Å². The van der Waals surface area contributed by atoms with Crippen LogP contribution in [0.3, 0.4) is 0 Å². The summed E-state index contributed by atoms with van der Waals surface area (Å²) in [4.78, 5) is 13.0. The molecule has 0 saturated heterocycles. The van der Waals surface area contributed by atoms with Crippen LogP contribution in [-0.4, -0.2) is 5.78 Å². The minimum Gasteiger partial charge on any atom is -0.289 e. The molecule has 1 nitrogen and oxygen atoms in total. The average molecular weight is 296 g/mol. The maximum Gasteiger partial charge on any atom is 0.194 e. The zero-order valence-corrected chi connectivity index (χ0v) is 12.9. The Balaban J connectivity index is 2.05. The van der Waals surface area contributed by atoms with Crippen molar-refractivity contribution >= 4 is 16.9 Å². The first-order chi connectivity index (χ1) is 11.3. The van der Waals surface area contributed by atoms with E-state index >= 15 is 0 Å². The Bertz CT molecular complexity index is 933. The molecule has 0 amide bonds. The van der Waals surface area contributed by atoms with Crippen molar-refractivity contribution in [3.63, 3.8) is 0 Å². The zero-order chi connectivity index (χ0) is 15.8. The molecule has 0 bridgehead atoms. The molecule has 3 aromatic carbocycles. The molecule has 1 aliphatic carbocycles. The van der Waals surface area contributed by atoms with Crippen LogP contribution in [0.1, 0.15) is 32.6 Å². The van der Waals surface area contributed by atoms with Gasteiger partial charge < -0.3 is 0 Å². The van der Waals surface area contributed by atoms with Gasteiger partial charge in [-0.1, -0.05) is 84.4 Å². The highest BCUT2D eigenvalue weighted by Crippen LogP contribution is 2.41. The first kappa shape index (κ1) is 13.7. The van der Waals surface area contributed by atoms with Crippen LogP contribution in [-0.2, 0) is 0 Å². The number of benzene rings is 3. The highest BCUT2D eigenvalue weighted by molar-refractivity contribution is 6.41. The standard InChI is InChI=1S/C22H16O/c1-15-8-7-11-17(14-15)21-20(16-9-3-2-4-10-16)18-12-5-6-13-19(18)22(21)23/h2-14H,1H3. The number of ketones is 1. The average Bonchev–Trinajstić information content (AvgIpc) is 2.89. The first-order valence-electron chi connectivity index (χ1n) is 7.76. The van der Waals surface area contributed by atoms with Crippen LogP contribution in [0, 0.1) is 6.92 Å². The van der Waals surface area contributed by atoms with Gasteiger partial charge in [0, 0.05) is 16.7 Å². The molecule has 0 atom stereocenters. The summed E-state index contributed by atoms with van der Waals surface area (Å²) in [6.07, 6.45) is 0. The Hall–Kier alpha value is -2.93. The molecule has 0 fully saturated rings. The van der Waals surface area contributed by atoms with Crippen molar-refractivity contribution in [2.75, 3.05) is 0 Å². The van der Waals surface area contributed by atoms with Gasteiger partial charge in [0.25, 0.3) is 0 Å². The second-order valence-electron chi connectivity index (χ2n) is 5.86. The smallest absolute Gasteiger partial charge is 0.194 e. The maximum absolute atomic E-state index is 13.0. The third kappa shape index (κ3) is 2.22. The van der Waals surface area contributed by atoms with E-state index in [1.54, 1.807) is 0 Å². The van der Waals surface area contributed by atoms with Crippen LogP contribution >= 0.6 is 0 Å². The summed E-state index contributed by atoms with van der Waals surface area (Å²) in [5, 5.41) is 0. The van der Waals surface area contributed by atoms with E-state index in [1.165, 1.54) is 0 Å². The van der Waals surface area contributed by atoms with E-state index in [9.17, 15) is 4.79 Å². The third-order valence-electron chi connectivity index (χ3n) is 4.29. The van der Waals surface area contributed by atoms with Gasteiger partial charge in [-0.2, -0.15) is 0 Å². The number of aryl methyl sites for hydroxylation is 1. The van der Waals surface area contributed by atoms with Gasteiger partial charge in [-0.15, -0.1) is 0 Å². The highest BCUT2D eigenvalue weighted by atomic mass is 16.1. The predicted molar refractivity (Wildman–Crippen MR) is 94.3 cm³/mol. The third-order valence-corrected chi connectivity index (χ3v) is 4.29. The fraction of sp³-hybridized carbons (Fsp3) is 0.0455. The molecule has 0 spiro atoms. The van der Waals surface area contributed by atoms with E-state index in [-0.39, 0.29) is 5.78 Å². The van der Waals surface area contributed by atoms with Crippen LogP contribution in [0.5, 0.6) is 0 Å². The quantitative estimate of drug-likeness (QED) is 0.639. The van der Waals surface area contributed by atoms with Crippen molar-refractivity contribution in [3.8, 4) is 0 Å². The van der Waals surface area contributed by atoms with Crippen LogP contribution in [0.25, 0.3) is 11.1 Å². The number of carbonyl (C=O) groups excluding carboxylic acids is 1. The second-order valence-corrected chi connectivity index (χ2v) is 5.86. The van der Waals surface area contributed by atoms with Crippen LogP contribution < -0.4 is 0 Å². The minimum absolute atomic E-state index is 0.116. The number of Topliss-reactive ketones (excluding diaryl/α,β-unsaturated/α-hetero) is 1. The van der Waals surface area contributed by atoms with Crippen molar-refractivity contribution in [2.24, 2.45) is 0 Å². The Morgan fingerprint density at radius 2 is 1.26 bits per heavy atom. The summed E-state index contributed by atoms with van der Waals surface area (Å²) in [6, 6.07) is 26.2. The molecule has 0 aliphatic heterocycles. The Morgan fingerprint density at radius 1 is 0.609 bits per heavy atom. The van der Waals surface area contributed by atoms with Gasteiger partial charge in [0.05, 0.1) is 0 Å². The number of hydrogen-bond donors (Lipinski definition) is 0. The Kier molecular flexibility index (Phi) is 3.20. The van der Waals surface area contributed by atoms with Gasteiger partial charge in [0.2, 0.25) is 0 Å². The molecule has 0 heterocycles. The molecule has 3 aromatic rings. The second kappa shape index (κ2) is 5.36. The predicted octanol–water partition coefficient (Wildman–Crippen LogP) is 5.15. The molecular weight excluding hydrogens is 280 g/mol. The molecule has 1 aliphatic rings. The van der Waals surface area contributed by atoms with E-state index in [1.807, 2.05) is 54.6 Å². The summed E-state index contributed by atoms with van der Waals surface area (Å²) >= 11 is 0. The fourth-order valence-corrected chi connectivity index (χ4v) is 3.26. The monoisotopic (exact) mass is 296 g/mol. The lowest BCUT2D eigenvalue weighted by molar-refractivity contribution is 0.105. The van der Waals surface area contributed by atoms with Crippen molar-refractivity contribution in [1.82, 2.24) is 0 Å². The minimum atomic E-state index is 0.116. The molecule has 0 unspecified atom stereocenters. The molecule has 23 heavy (non-hydrogen) atoms. The molecule has 0 N–H and O–H groups in total. The number of carbonyl (C=O) groups is 1. The summed E-state index contributed by atoms with van der Waals surface area (Å²) in [7, 11) is 0. The lowest BCUT2D eigenvalue weighted by Crippen LogP contribution is -1.98. The fourth-order valence-electron chi connectivity index (χ4n) is 3.26. The number of allylic oxidation sites excluding steroid dienone is 1. The van der Waals surface area contributed by atoms with E-state index in [4.69, 9.17) is 0 Å². The zero-order valence-electron chi connectivity index (χ0n) is 12.9. The SMILES string of the molecule is Cc1cccc(C2=C(c3ccccc3)c3ccccc3C2=O)c1. The molecule has 0 radical (unpaired) electrons. The molecule has 0 saturated carbocycles. The van der Waals surface area contributed by atoms with E-state index in [0.29, 0.717) is 0 Å². The maximum atomic E-state index is 13.0. The van der Waals surface area contributed by atoms with Gasteiger partial charge in [-0.3, -0.25) is 4.79 Å². The number of rotatable bonds is 2. The molecule has 4 rings (SSSR count). The van der Waals surface area contributed by atoms with Gasteiger partial charge in [-0.25, -0.2) is 0 Å². The van der Waals surface area contributed by atoms with Crippen molar-refractivity contribution < 1.29 is 4.79 Å². The van der Waals surface area contributed by atoms with Gasteiger partial charge in [-0.05, 0) is 23.6 Å². The summed E-state index contributed by atoms with van der Waals surface area (Å²) in [6.45, 7) is 2.05. The Labute approximate surface area is 135 Å². The highest BCUT2D eigenvalue weighted by Gasteiger charge is 2.30. The van der Waals surface area contributed by atoms with Crippen molar-refractivity contribution in [3.05, 3.63) is 107 Å². The van der Waals surface area contributed by atoms with E-state index in [0.717, 1.165) is 39.0 Å². The lowest BCUT2D eigenvalue weighted by atomic mass is 9.94. The Morgan fingerprint density at radius 3 is 2.00 bits per heavy atom. The summed E-state index contributed by atoms with van der Waals surface area (Å²) in [5.41, 5.74) is 6.90. The first-order valence-corrected chi connectivity index (χ1v) is 7.76. The van der Waals surface area contributed by atoms with Crippen LogP contribution in [0.4, 0.5) is 0 Å². The largest absolute Gasteiger partial charge is 0.289 e. The molecule has 110 valence electrons. The van der Waals surface area contributed by atoms with Crippen LogP contribution in [0.15, 0.2) is 78.9 Å². The molecule has 0 aromatic heterocycles. The number of hydrogen-bond acceptors (Lipinski definition) is 1. The van der Waals surface area contributed by atoms with Gasteiger partial charge in [0.15, 0.2) is 5.78 Å². The summed E-state index contributed by atoms with van der Waals surface area (Å²) in [5.74, 6) is 0.116. The number of fused-ring (bicyclic) bond motifs is 1. The van der Waals surface area contributed by atoms with Crippen molar-refractivity contribution in [2.45, 2.75) is 6.92 Å². The molecular formula is C22H16O. The molecule has 1 heteroatoms. The normalized spacial score (nSPS) is 13.3. The van der Waals surface area contributed by atoms with Crippen LogP contribution in [0.2, 0.25) is 0 Å². The summed E-state index contributed by atoms with van der Waals surface area (Å²) < 4.78 is 0. The topological polar surface area (TPSA) is 17.1 Å². The van der Waals surface area contributed by atoms with E-state index in [2.05, 4.69) is 31.2 Å². The van der Waals surface area contributed by atoms with E-state index < -0.39 is 0 Å².